The lowest BCUT2D eigenvalue weighted by atomic mass is 10.2. The van der Waals surface area contributed by atoms with E-state index in [-0.39, 0.29) is 29.7 Å². The Labute approximate surface area is 152 Å². The molecule has 0 saturated carbocycles. The van der Waals surface area contributed by atoms with Crippen LogP contribution < -0.4 is 0 Å². The number of nitro groups is 1. The number of non-ortho nitro benzene ring substituents is 1. The van der Waals surface area contributed by atoms with Gasteiger partial charge in [0.25, 0.3) is 5.69 Å². The second-order valence-corrected chi connectivity index (χ2v) is 6.32. The number of hydrogen-bond acceptors (Lipinski definition) is 6. The van der Waals surface area contributed by atoms with Crippen molar-refractivity contribution in [1.82, 2.24) is 4.90 Å². The Hall–Kier alpha value is -3.07. The number of carbonyl (C=O) groups is 1. The van der Waals surface area contributed by atoms with Gasteiger partial charge in [-0.05, 0) is 17.7 Å². The molecule has 1 heterocycles. The third-order valence-electron chi connectivity index (χ3n) is 3.54. The number of amides is 1. The Morgan fingerprint density at radius 3 is 2.77 bits per heavy atom. The van der Waals surface area contributed by atoms with Crippen molar-refractivity contribution in [3.8, 4) is 0 Å². The molecule has 0 unspecified atom stereocenters. The molecule has 1 saturated heterocycles. The Kier molecular flexibility index (Phi) is 5.37. The van der Waals surface area contributed by atoms with Crippen LogP contribution in [0.25, 0.3) is 0 Å². The minimum absolute atomic E-state index is 0.0371. The van der Waals surface area contributed by atoms with Crippen molar-refractivity contribution >= 4 is 34.7 Å². The predicted molar refractivity (Wildman–Crippen MR) is 97.5 cm³/mol. The lowest BCUT2D eigenvalue weighted by molar-refractivity contribution is -0.384. The molecule has 9 heteroatoms. The molecular weight excluding hydrogens is 359 g/mol. The van der Waals surface area contributed by atoms with Crippen LogP contribution in [-0.4, -0.2) is 32.9 Å². The average molecular weight is 372 g/mol. The van der Waals surface area contributed by atoms with E-state index in [4.69, 9.17) is 0 Å². The zero-order valence-corrected chi connectivity index (χ0v) is 14.2. The average Bonchev–Trinajstić information content (AvgIpc) is 2.97. The van der Waals surface area contributed by atoms with Gasteiger partial charge in [0.15, 0.2) is 5.17 Å². The minimum atomic E-state index is -0.487. The normalized spacial score (nSPS) is 16.0. The second kappa shape index (κ2) is 7.87. The Balaban J connectivity index is 1.74. The molecule has 132 valence electrons. The predicted octanol–water partition coefficient (Wildman–Crippen LogP) is 3.20. The van der Waals surface area contributed by atoms with E-state index in [1.165, 1.54) is 47.1 Å². The van der Waals surface area contributed by atoms with Crippen molar-refractivity contribution in [2.45, 2.75) is 6.54 Å². The zero-order valence-electron chi connectivity index (χ0n) is 13.4. The van der Waals surface area contributed by atoms with Gasteiger partial charge in [0.05, 0.1) is 23.4 Å². The van der Waals surface area contributed by atoms with Crippen LogP contribution >= 0.6 is 11.8 Å². The molecule has 1 aliphatic rings. The lowest BCUT2D eigenvalue weighted by Crippen LogP contribution is -2.28. The van der Waals surface area contributed by atoms with Crippen LogP contribution in [0.15, 0.2) is 58.7 Å². The topological polar surface area (TPSA) is 88.2 Å². The molecule has 7 nitrogen and oxygen atoms in total. The molecule has 3 rings (SSSR count). The molecule has 0 aromatic heterocycles. The Morgan fingerprint density at radius 2 is 2.04 bits per heavy atom. The standard InChI is InChI=1S/C17H13FN4O3S/c18-14-6-4-12(5-7-14)10-21-16(23)11-26-17(21)20-19-9-13-2-1-3-15(8-13)22(24)25/h1-9H,10-11H2/b19-9+,20-17-. The number of rotatable bonds is 5. The summed E-state index contributed by atoms with van der Waals surface area (Å²) in [4.78, 5) is 23.8. The molecule has 0 atom stereocenters. The van der Waals surface area contributed by atoms with Gasteiger partial charge in [0, 0.05) is 17.7 Å². The van der Waals surface area contributed by atoms with Crippen LogP contribution in [0.4, 0.5) is 10.1 Å². The van der Waals surface area contributed by atoms with E-state index in [1.807, 2.05) is 0 Å². The number of nitrogens with zero attached hydrogens (tertiary/aromatic N) is 4. The first kappa shape index (κ1) is 17.7. The molecule has 1 aliphatic heterocycles. The van der Waals surface area contributed by atoms with Crippen molar-refractivity contribution in [3.63, 3.8) is 0 Å². The van der Waals surface area contributed by atoms with Crippen LogP contribution in [0.3, 0.4) is 0 Å². The fraction of sp³-hybridized carbons (Fsp3) is 0.118. The first-order chi connectivity index (χ1) is 12.5. The quantitative estimate of drug-likeness (QED) is 0.458. The Bertz CT molecular complexity index is 899. The number of carbonyl (C=O) groups excluding carboxylic acids is 1. The van der Waals surface area contributed by atoms with Gasteiger partial charge in [-0.2, -0.15) is 5.10 Å². The molecule has 1 fully saturated rings. The van der Waals surface area contributed by atoms with Gasteiger partial charge in [-0.1, -0.05) is 36.0 Å². The number of benzene rings is 2. The fourth-order valence-corrected chi connectivity index (χ4v) is 3.10. The van der Waals surface area contributed by atoms with E-state index < -0.39 is 4.92 Å². The van der Waals surface area contributed by atoms with Crippen LogP contribution in [0.1, 0.15) is 11.1 Å². The minimum Gasteiger partial charge on any atom is -0.285 e. The lowest BCUT2D eigenvalue weighted by Gasteiger charge is -2.15. The summed E-state index contributed by atoms with van der Waals surface area (Å²) >= 11 is 1.25. The third-order valence-corrected chi connectivity index (χ3v) is 4.49. The van der Waals surface area contributed by atoms with Crippen molar-refractivity contribution in [3.05, 3.63) is 75.6 Å². The second-order valence-electron chi connectivity index (χ2n) is 5.37. The van der Waals surface area contributed by atoms with Crippen LogP contribution in [0, 0.1) is 15.9 Å². The highest BCUT2D eigenvalue weighted by atomic mass is 32.2. The molecule has 0 N–H and O–H groups in total. The monoisotopic (exact) mass is 372 g/mol. The van der Waals surface area contributed by atoms with E-state index in [0.29, 0.717) is 10.7 Å². The van der Waals surface area contributed by atoms with Gasteiger partial charge >= 0.3 is 0 Å². The van der Waals surface area contributed by atoms with Gasteiger partial charge in [-0.15, -0.1) is 5.10 Å². The highest BCUT2D eigenvalue weighted by Crippen LogP contribution is 2.22. The summed E-state index contributed by atoms with van der Waals surface area (Å²) in [6.07, 6.45) is 1.39. The summed E-state index contributed by atoms with van der Waals surface area (Å²) in [5.41, 5.74) is 1.27. The molecule has 1 amide bonds. The number of nitro benzene ring substituents is 1. The van der Waals surface area contributed by atoms with Crippen LogP contribution in [-0.2, 0) is 11.3 Å². The zero-order chi connectivity index (χ0) is 18.5. The molecule has 26 heavy (non-hydrogen) atoms. The van der Waals surface area contributed by atoms with Crippen molar-refractivity contribution in [1.29, 1.82) is 0 Å². The van der Waals surface area contributed by atoms with Gasteiger partial charge < -0.3 is 0 Å². The first-order valence-corrected chi connectivity index (χ1v) is 8.54. The number of hydrogen-bond donors (Lipinski definition) is 0. The first-order valence-electron chi connectivity index (χ1n) is 7.56. The molecule has 2 aromatic carbocycles. The van der Waals surface area contributed by atoms with Gasteiger partial charge in [-0.25, -0.2) is 4.39 Å². The van der Waals surface area contributed by atoms with Gasteiger partial charge in [-0.3, -0.25) is 19.8 Å². The van der Waals surface area contributed by atoms with E-state index in [9.17, 15) is 19.3 Å². The van der Waals surface area contributed by atoms with Crippen LogP contribution in [0.5, 0.6) is 0 Å². The summed E-state index contributed by atoms with van der Waals surface area (Å²) in [7, 11) is 0. The molecule has 2 aromatic rings. The van der Waals surface area contributed by atoms with E-state index in [1.54, 1.807) is 24.3 Å². The SMILES string of the molecule is O=C1CS/C(=N\N=C\c2cccc([N+](=O)[O-])c2)N1Cc1ccc(F)cc1. The van der Waals surface area contributed by atoms with E-state index in [0.717, 1.165) is 5.56 Å². The van der Waals surface area contributed by atoms with Crippen LogP contribution in [0.2, 0.25) is 0 Å². The summed E-state index contributed by atoms with van der Waals surface area (Å²) in [5, 5.41) is 19.2. The molecular formula is C17H13FN4O3S. The highest BCUT2D eigenvalue weighted by Gasteiger charge is 2.28. The van der Waals surface area contributed by atoms with E-state index >= 15 is 0 Å². The maximum Gasteiger partial charge on any atom is 0.270 e. The van der Waals surface area contributed by atoms with Crippen molar-refractivity contribution in [2.24, 2.45) is 10.2 Å². The molecule has 0 spiro atoms. The fourth-order valence-electron chi connectivity index (χ4n) is 2.26. The van der Waals surface area contributed by atoms with Gasteiger partial charge in [0.2, 0.25) is 5.91 Å². The number of amidine groups is 1. The van der Waals surface area contributed by atoms with Crippen molar-refractivity contribution in [2.75, 3.05) is 5.75 Å². The van der Waals surface area contributed by atoms with Crippen molar-refractivity contribution < 1.29 is 14.1 Å². The maximum absolute atomic E-state index is 13.0. The number of halogens is 1. The number of thioether (sulfide) groups is 1. The molecule has 0 bridgehead atoms. The summed E-state index contributed by atoms with van der Waals surface area (Å²) in [5.74, 6) is -0.193. The molecule has 0 radical (unpaired) electrons. The van der Waals surface area contributed by atoms with Gasteiger partial charge in [0.1, 0.15) is 5.82 Å². The summed E-state index contributed by atoms with van der Waals surface area (Å²) in [6.45, 7) is 0.275. The summed E-state index contributed by atoms with van der Waals surface area (Å²) in [6, 6.07) is 11.9. The Morgan fingerprint density at radius 1 is 1.27 bits per heavy atom. The largest absolute Gasteiger partial charge is 0.285 e. The molecule has 0 aliphatic carbocycles. The smallest absolute Gasteiger partial charge is 0.270 e. The third kappa shape index (κ3) is 4.31. The summed E-state index contributed by atoms with van der Waals surface area (Å²) < 4.78 is 13.0. The van der Waals surface area contributed by atoms with E-state index in [2.05, 4.69) is 10.2 Å². The highest BCUT2D eigenvalue weighted by molar-refractivity contribution is 8.15. The maximum atomic E-state index is 13.0.